The topological polar surface area (TPSA) is 58.6 Å². The van der Waals surface area contributed by atoms with Crippen molar-refractivity contribution < 1.29 is 14.6 Å². The summed E-state index contributed by atoms with van der Waals surface area (Å²) < 4.78 is 5.50. The van der Waals surface area contributed by atoms with E-state index in [-0.39, 0.29) is 18.9 Å². The molecule has 17 heavy (non-hydrogen) atoms. The first-order valence-corrected chi connectivity index (χ1v) is 5.92. The number of ketones is 1. The molecular weight excluding hydrogens is 218 g/mol. The Morgan fingerprint density at radius 2 is 2.35 bits per heavy atom. The maximum absolute atomic E-state index is 11.8. The van der Waals surface area contributed by atoms with Crippen LogP contribution >= 0.6 is 0 Å². The zero-order valence-electron chi connectivity index (χ0n) is 9.74. The second kappa shape index (κ2) is 5.80. The van der Waals surface area contributed by atoms with Crippen molar-refractivity contribution in [3.05, 3.63) is 29.3 Å². The number of fused-ring (bicyclic) bond motifs is 1. The largest absolute Gasteiger partial charge is 0.493 e. The monoisotopic (exact) mass is 235 g/mol. The summed E-state index contributed by atoms with van der Waals surface area (Å²) in [5.74, 6) is 0.947. The number of Topliss-reactive ketones (excluding diaryl/α,β-unsaturated/α-hetero) is 1. The van der Waals surface area contributed by atoms with Crippen LogP contribution in [0.15, 0.2) is 18.2 Å². The third-order valence-corrected chi connectivity index (χ3v) is 2.80. The van der Waals surface area contributed by atoms with Crippen LogP contribution in [0.3, 0.4) is 0 Å². The molecule has 2 rings (SSSR count). The van der Waals surface area contributed by atoms with Gasteiger partial charge in [-0.25, -0.2) is 0 Å². The number of hydrogen-bond acceptors (Lipinski definition) is 4. The van der Waals surface area contributed by atoms with E-state index in [0.717, 1.165) is 30.8 Å². The highest BCUT2D eigenvalue weighted by atomic mass is 16.5. The molecule has 4 nitrogen and oxygen atoms in total. The van der Waals surface area contributed by atoms with Crippen LogP contribution in [0, 0.1) is 0 Å². The Balaban J connectivity index is 2.03. The summed E-state index contributed by atoms with van der Waals surface area (Å²) in [5.41, 5.74) is 1.82. The lowest BCUT2D eigenvalue weighted by molar-refractivity contribution is 0.0989. The van der Waals surface area contributed by atoms with Crippen LogP contribution in [-0.4, -0.2) is 37.2 Å². The van der Waals surface area contributed by atoms with Crippen LogP contribution in [0.1, 0.15) is 22.3 Å². The molecular formula is C13H17NO3. The third kappa shape index (κ3) is 3.05. The predicted octanol–water partition coefficient (Wildman–Crippen LogP) is 0.776. The smallest absolute Gasteiger partial charge is 0.176 e. The van der Waals surface area contributed by atoms with Crippen molar-refractivity contribution in [2.75, 3.05) is 26.3 Å². The van der Waals surface area contributed by atoms with Gasteiger partial charge in [0.05, 0.1) is 19.8 Å². The molecule has 0 radical (unpaired) electrons. The van der Waals surface area contributed by atoms with Gasteiger partial charge in [0.15, 0.2) is 5.78 Å². The van der Waals surface area contributed by atoms with Crippen LogP contribution in [-0.2, 0) is 6.42 Å². The molecule has 4 heteroatoms. The molecule has 1 aliphatic rings. The molecule has 1 heterocycles. The summed E-state index contributed by atoms with van der Waals surface area (Å²) in [7, 11) is 0. The van der Waals surface area contributed by atoms with Crippen molar-refractivity contribution in [1.29, 1.82) is 0 Å². The van der Waals surface area contributed by atoms with Gasteiger partial charge >= 0.3 is 0 Å². The standard InChI is InChI=1S/C13H17NO3/c15-6-5-14-9-12(16)10-3-4-13-11(8-10)2-1-7-17-13/h3-4,8,14-15H,1-2,5-7,9H2. The van der Waals surface area contributed by atoms with Gasteiger partial charge in [-0.3, -0.25) is 4.79 Å². The quantitative estimate of drug-likeness (QED) is 0.585. The van der Waals surface area contributed by atoms with E-state index in [1.807, 2.05) is 12.1 Å². The fourth-order valence-corrected chi connectivity index (χ4v) is 1.92. The highest BCUT2D eigenvalue weighted by Gasteiger charge is 2.13. The van der Waals surface area contributed by atoms with E-state index in [9.17, 15) is 4.79 Å². The van der Waals surface area contributed by atoms with E-state index >= 15 is 0 Å². The number of rotatable bonds is 5. The molecule has 1 aromatic rings. The molecule has 0 atom stereocenters. The number of benzene rings is 1. The van der Waals surface area contributed by atoms with Gasteiger partial charge in [-0.1, -0.05) is 0 Å². The van der Waals surface area contributed by atoms with Crippen molar-refractivity contribution in [1.82, 2.24) is 5.32 Å². The number of nitrogens with one attached hydrogen (secondary N) is 1. The zero-order valence-corrected chi connectivity index (χ0v) is 9.74. The molecule has 0 amide bonds. The van der Waals surface area contributed by atoms with Crippen molar-refractivity contribution in [2.45, 2.75) is 12.8 Å². The van der Waals surface area contributed by atoms with Gasteiger partial charge in [0, 0.05) is 12.1 Å². The minimum Gasteiger partial charge on any atom is -0.493 e. The molecule has 1 aliphatic heterocycles. The molecule has 0 saturated carbocycles. The Morgan fingerprint density at radius 1 is 1.47 bits per heavy atom. The number of ether oxygens (including phenoxy) is 1. The van der Waals surface area contributed by atoms with Gasteiger partial charge in [0.2, 0.25) is 0 Å². The van der Waals surface area contributed by atoms with Gasteiger partial charge < -0.3 is 15.2 Å². The van der Waals surface area contributed by atoms with Crippen molar-refractivity contribution >= 4 is 5.78 Å². The second-order valence-electron chi connectivity index (χ2n) is 4.10. The summed E-state index contributed by atoms with van der Waals surface area (Å²) >= 11 is 0. The maximum Gasteiger partial charge on any atom is 0.176 e. The van der Waals surface area contributed by atoms with Crippen molar-refractivity contribution in [3.63, 3.8) is 0 Å². The normalized spacial score (nSPS) is 13.9. The fourth-order valence-electron chi connectivity index (χ4n) is 1.92. The van der Waals surface area contributed by atoms with E-state index < -0.39 is 0 Å². The molecule has 0 unspecified atom stereocenters. The Kier molecular flexibility index (Phi) is 4.12. The molecule has 0 bridgehead atoms. The number of aliphatic hydroxyl groups excluding tert-OH is 1. The molecule has 0 spiro atoms. The van der Waals surface area contributed by atoms with Crippen LogP contribution in [0.4, 0.5) is 0 Å². The summed E-state index contributed by atoms with van der Waals surface area (Å²) in [5, 5.41) is 11.5. The summed E-state index contributed by atoms with van der Waals surface area (Å²) in [6, 6.07) is 5.58. The predicted molar refractivity (Wildman–Crippen MR) is 64.5 cm³/mol. The van der Waals surface area contributed by atoms with Gasteiger partial charge in [-0.15, -0.1) is 0 Å². The van der Waals surface area contributed by atoms with Crippen LogP contribution in [0.5, 0.6) is 5.75 Å². The van der Waals surface area contributed by atoms with E-state index in [0.29, 0.717) is 12.1 Å². The van der Waals surface area contributed by atoms with E-state index in [1.165, 1.54) is 0 Å². The molecule has 2 N–H and O–H groups in total. The molecule has 1 aromatic carbocycles. The molecule has 0 aliphatic carbocycles. The first-order valence-electron chi connectivity index (χ1n) is 5.92. The molecule has 0 aromatic heterocycles. The van der Waals surface area contributed by atoms with Crippen molar-refractivity contribution in [2.24, 2.45) is 0 Å². The minimum atomic E-state index is 0.0469. The van der Waals surface area contributed by atoms with Crippen LogP contribution in [0.25, 0.3) is 0 Å². The number of carbonyl (C=O) groups excluding carboxylic acids is 1. The van der Waals surface area contributed by atoms with Crippen LogP contribution < -0.4 is 10.1 Å². The Morgan fingerprint density at radius 3 is 3.18 bits per heavy atom. The second-order valence-corrected chi connectivity index (χ2v) is 4.10. The molecule has 0 fully saturated rings. The number of aryl methyl sites for hydroxylation is 1. The zero-order chi connectivity index (χ0) is 12.1. The Hall–Kier alpha value is -1.39. The maximum atomic E-state index is 11.8. The van der Waals surface area contributed by atoms with Gasteiger partial charge in [0.25, 0.3) is 0 Å². The lowest BCUT2D eigenvalue weighted by Gasteiger charge is -2.17. The average molecular weight is 235 g/mol. The highest BCUT2D eigenvalue weighted by molar-refractivity contribution is 5.98. The summed E-state index contributed by atoms with van der Waals surface area (Å²) in [6.45, 7) is 1.52. The highest BCUT2D eigenvalue weighted by Crippen LogP contribution is 2.25. The number of aliphatic hydroxyl groups is 1. The number of hydrogen-bond donors (Lipinski definition) is 2. The first kappa shape index (κ1) is 12.1. The van der Waals surface area contributed by atoms with Crippen LogP contribution in [0.2, 0.25) is 0 Å². The van der Waals surface area contributed by atoms with Gasteiger partial charge in [-0.05, 0) is 36.6 Å². The van der Waals surface area contributed by atoms with E-state index in [4.69, 9.17) is 9.84 Å². The summed E-state index contributed by atoms with van der Waals surface area (Å²) in [6.07, 6.45) is 1.98. The first-order chi connectivity index (χ1) is 8.31. The lowest BCUT2D eigenvalue weighted by atomic mass is 10.0. The Labute approximate surface area is 101 Å². The van der Waals surface area contributed by atoms with E-state index in [1.54, 1.807) is 6.07 Å². The summed E-state index contributed by atoms with van der Waals surface area (Å²) in [4.78, 5) is 11.8. The molecule has 92 valence electrons. The SMILES string of the molecule is O=C(CNCCO)c1ccc2c(c1)CCCO2. The minimum absolute atomic E-state index is 0.0469. The molecule has 0 saturated heterocycles. The fraction of sp³-hybridized carbons (Fsp3) is 0.462. The number of carbonyl (C=O) groups is 1. The lowest BCUT2D eigenvalue weighted by Crippen LogP contribution is -2.25. The third-order valence-electron chi connectivity index (χ3n) is 2.80. The van der Waals surface area contributed by atoms with Gasteiger partial charge in [0.1, 0.15) is 5.75 Å². The Bertz CT molecular complexity index is 404. The van der Waals surface area contributed by atoms with Crippen molar-refractivity contribution in [3.8, 4) is 5.75 Å². The average Bonchev–Trinajstić information content (AvgIpc) is 2.38. The van der Waals surface area contributed by atoms with E-state index in [2.05, 4.69) is 5.32 Å². The van der Waals surface area contributed by atoms with Gasteiger partial charge in [-0.2, -0.15) is 0 Å².